The zero-order valence-corrected chi connectivity index (χ0v) is 19.5. The van der Waals surface area contributed by atoms with E-state index in [2.05, 4.69) is 5.32 Å². The van der Waals surface area contributed by atoms with Gasteiger partial charge in [-0.2, -0.15) is 0 Å². The number of carbonyl (C=O) groups is 1. The summed E-state index contributed by atoms with van der Waals surface area (Å²) in [4.78, 5) is 17.6. The van der Waals surface area contributed by atoms with Crippen LogP contribution >= 0.6 is 23.4 Å². The number of methoxy groups -OCH3 is 2. The first-order chi connectivity index (χ1) is 15.0. The Balaban J connectivity index is 1.95. The molecule has 1 heterocycles. The maximum absolute atomic E-state index is 12.8. The Morgan fingerprint density at radius 1 is 1.16 bits per heavy atom. The minimum Gasteiger partial charge on any atom is -0.497 e. The molecule has 1 aliphatic rings. The topological polar surface area (TPSA) is 69.2 Å². The largest absolute Gasteiger partial charge is 0.497 e. The van der Waals surface area contributed by atoms with Crippen molar-refractivity contribution in [2.45, 2.75) is 25.6 Å². The van der Waals surface area contributed by atoms with Gasteiger partial charge in [0.1, 0.15) is 17.5 Å². The normalized spacial score (nSPS) is 15.8. The average molecular weight is 461 g/mol. The molecule has 0 fully saturated rings. The van der Waals surface area contributed by atoms with E-state index in [4.69, 9.17) is 30.8 Å². The van der Waals surface area contributed by atoms with Crippen molar-refractivity contribution >= 4 is 34.5 Å². The number of esters is 1. The second kappa shape index (κ2) is 10.6. The summed E-state index contributed by atoms with van der Waals surface area (Å²) in [5.41, 5.74) is 3.04. The molecule has 0 saturated carbocycles. The van der Waals surface area contributed by atoms with E-state index in [-0.39, 0.29) is 6.61 Å². The third kappa shape index (κ3) is 5.54. The summed E-state index contributed by atoms with van der Waals surface area (Å²) in [6, 6.07) is 12.6. The molecule has 6 nitrogen and oxygen atoms in total. The van der Waals surface area contributed by atoms with Crippen LogP contribution in [0.2, 0.25) is 5.02 Å². The number of nitrogens with one attached hydrogen (secondary N) is 1. The molecule has 3 rings (SSSR count). The zero-order chi connectivity index (χ0) is 22.4. The van der Waals surface area contributed by atoms with E-state index in [1.54, 1.807) is 39.0 Å². The van der Waals surface area contributed by atoms with E-state index >= 15 is 0 Å². The monoisotopic (exact) mass is 460 g/mol. The van der Waals surface area contributed by atoms with Crippen molar-refractivity contribution in [1.82, 2.24) is 5.32 Å². The lowest BCUT2D eigenvalue weighted by Gasteiger charge is -2.27. The summed E-state index contributed by atoms with van der Waals surface area (Å²) in [5, 5.41) is 4.66. The lowest BCUT2D eigenvalue weighted by molar-refractivity contribution is -0.138. The second-order valence-corrected chi connectivity index (χ2v) is 8.14. The van der Waals surface area contributed by atoms with Crippen LogP contribution in [0.25, 0.3) is 0 Å². The predicted molar refractivity (Wildman–Crippen MR) is 125 cm³/mol. The van der Waals surface area contributed by atoms with Crippen molar-refractivity contribution < 1.29 is 19.0 Å². The number of halogens is 1. The summed E-state index contributed by atoms with van der Waals surface area (Å²) in [7, 11) is 3.18. The van der Waals surface area contributed by atoms with Crippen LogP contribution in [0.4, 0.5) is 0 Å². The lowest BCUT2D eigenvalue weighted by Crippen LogP contribution is -2.30. The Morgan fingerprint density at radius 3 is 2.55 bits per heavy atom. The highest BCUT2D eigenvalue weighted by Gasteiger charge is 2.32. The molecule has 164 valence electrons. The van der Waals surface area contributed by atoms with Gasteiger partial charge in [-0.15, -0.1) is 0 Å². The molecule has 0 spiro atoms. The fourth-order valence-electron chi connectivity index (χ4n) is 3.20. The number of hydrogen-bond acceptors (Lipinski definition) is 7. The maximum Gasteiger partial charge on any atom is 0.338 e. The van der Waals surface area contributed by atoms with Crippen LogP contribution in [0.3, 0.4) is 0 Å². The van der Waals surface area contributed by atoms with Gasteiger partial charge in [0, 0.05) is 28.1 Å². The fraction of sp³-hybridized carbons (Fsp3) is 0.304. The van der Waals surface area contributed by atoms with Gasteiger partial charge in [-0.1, -0.05) is 35.5 Å². The summed E-state index contributed by atoms with van der Waals surface area (Å²) in [5.74, 6) is 1.55. The van der Waals surface area contributed by atoms with E-state index in [0.29, 0.717) is 38.7 Å². The molecule has 0 radical (unpaired) electrons. The van der Waals surface area contributed by atoms with Crippen molar-refractivity contribution in [3.63, 3.8) is 0 Å². The Morgan fingerprint density at radius 2 is 1.90 bits per heavy atom. The van der Waals surface area contributed by atoms with Crippen LogP contribution in [0.15, 0.2) is 58.7 Å². The van der Waals surface area contributed by atoms with Crippen LogP contribution in [0, 0.1) is 0 Å². The third-order valence-electron chi connectivity index (χ3n) is 4.74. The first kappa shape index (κ1) is 23.0. The first-order valence-electron chi connectivity index (χ1n) is 9.78. The van der Waals surface area contributed by atoms with Crippen LogP contribution < -0.4 is 14.8 Å². The number of benzene rings is 2. The first-order valence-corrected chi connectivity index (χ1v) is 11.1. The molecule has 2 aromatic rings. The molecule has 0 aliphatic carbocycles. The summed E-state index contributed by atoms with van der Waals surface area (Å²) in [6.07, 6.45) is 0. The van der Waals surface area contributed by atoms with E-state index in [1.165, 1.54) is 0 Å². The number of ether oxygens (including phenoxy) is 3. The number of nitrogens with zero attached hydrogens (tertiary/aromatic N) is 1. The molecule has 0 aromatic heterocycles. The molecule has 8 heteroatoms. The van der Waals surface area contributed by atoms with Gasteiger partial charge in [0.25, 0.3) is 0 Å². The van der Waals surface area contributed by atoms with Crippen molar-refractivity contribution in [2.24, 2.45) is 4.99 Å². The van der Waals surface area contributed by atoms with E-state index in [1.807, 2.05) is 43.3 Å². The number of rotatable bonds is 7. The number of carbonyl (C=O) groups excluding carboxylic acids is 1. The van der Waals surface area contributed by atoms with Crippen molar-refractivity contribution in [3.05, 3.63) is 69.9 Å². The maximum atomic E-state index is 12.8. The van der Waals surface area contributed by atoms with Crippen molar-refractivity contribution in [2.75, 3.05) is 20.8 Å². The molecular weight excluding hydrogens is 436 g/mol. The van der Waals surface area contributed by atoms with Gasteiger partial charge < -0.3 is 19.5 Å². The Bertz CT molecular complexity index is 1010. The molecular formula is C23H25ClN2O4S. The van der Waals surface area contributed by atoms with Crippen LogP contribution in [0.5, 0.6) is 11.5 Å². The fourth-order valence-corrected chi connectivity index (χ4v) is 4.22. The van der Waals surface area contributed by atoms with Crippen molar-refractivity contribution in [1.29, 1.82) is 0 Å². The SMILES string of the molecule is CCOC(=O)C1=C(C)NC(SCc2ccc(Cl)cc2)=N[C@H]1c1ccc(OC)cc1OC. The summed E-state index contributed by atoms with van der Waals surface area (Å²) >= 11 is 7.53. The van der Waals surface area contributed by atoms with Crippen molar-refractivity contribution in [3.8, 4) is 11.5 Å². The standard InChI is InChI=1S/C23H25ClN2O4S/c1-5-30-22(27)20-14(2)25-23(31-13-15-6-8-16(24)9-7-15)26-21(20)18-11-10-17(28-3)12-19(18)29-4/h6-12,21H,5,13H2,1-4H3,(H,25,26)/t21-/m0/s1. The Labute approximate surface area is 191 Å². The smallest absolute Gasteiger partial charge is 0.338 e. The molecule has 0 amide bonds. The van der Waals surface area contributed by atoms with Gasteiger partial charge in [0.15, 0.2) is 5.17 Å². The number of allylic oxidation sites excluding steroid dienone is 1. The highest BCUT2D eigenvalue weighted by atomic mass is 35.5. The van der Waals surface area contributed by atoms with Crippen LogP contribution in [-0.2, 0) is 15.3 Å². The number of hydrogen-bond donors (Lipinski definition) is 1. The van der Waals surface area contributed by atoms with Gasteiger partial charge in [0.05, 0.1) is 26.4 Å². The minimum absolute atomic E-state index is 0.282. The quantitative estimate of drug-likeness (QED) is 0.578. The molecule has 1 atom stereocenters. The van der Waals surface area contributed by atoms with Gasteiger partial charge in [0.2, 0.25) is 0 Å². The summed E-state index contributed by atoms with van der Waals surface area (Å²) in [6.45, 7) is 3.92. The molecule has 0 saturated heterocycles. The predicted octanol–water partition coefficient (Wildman–Crippen LogP) is 5.13. The van der Waals surface area contributed by atoms with Crippen LogP contribution in [-0.4, -0.2) is 32.0 Å². The van der Waals surface area contributed by atoms with Gasteiger partial charge in [-0.25, -0.2) is 9.79 Å². The van der Waals surface area contributed by atoms with E-state index in [0.717, 1.165) is 11.1 Å². The number of amidine groups is 1. The minimum atomic E-state index is -0.561. The van der Waals surface area contributed by atoms with Gasteiger partial charge in [-0.3, -0.25) is 0 Å². The van der Waals surface area contributed by atoms with E-state index in [9.17, 15) is 4.79 Å². The average Bonchev–Trinajstić information content (AvgIpc) is 2.77. The highest BCUT2D eigenvalue weighted by Crippen LogP contribution is 2.39. The zero-order valence-electron chi connectivity index (χ0n) is 17.9. The molecule has 0 bridgehead atoms. The highest BCUT2D eigenvalue weighted by molar-refractivity contribution is 8.13. The van der Waals surface area contributed by atoms with Crippen LogP contribution in [0.1, 0.15) is 31.0 Å². The van der Waals surface area contributed by atoms with Gasteiger partial charge in [-0.05, 0) is 43.7 Å². The molecule has 1 N–H and O–H groups in total. The van der Waals surface area contributed by atoms with Gasteiger partial charge >= 0.3 is 5.97 Å². The summed E-state index contributed by atoms with van der Waals surface area (Å²) < 4.78 is 16.2. The lowest BCUT2D eigenvalue weighted by atomic mass is 9.95. The number of thioether (sulfide) groups is 1. The molecule has 1 aliphatic heterocycles. The number of aliphatic imine (C=N–C) groups is 1. The van der Waals surface area contributed by atoms with E-state index < -0.39 is 12.0 Å². The second-order valence-electron chi connectivity index (χ2n) is 6.74. The molecule has 0 unspecified atom stereocenters. The molecule has 2 aromatic carbocycles. The Hall–Kier alpha value is -2.64. The Kier molecular flexibility index (Phi) is 7.87. The molecule has 31 heavy (non-hydrogen) atoms. The third-order valence-corrected chi connectivity index (χ3v) is 5.95.